The number of carbonyl (C=O) groups excluding carboxylic acids is 1. The van der Waals surface area contributed by atoms with Crippen LogP contribution in [0.4, 0.5) is 5.69 Å². The van der Waals surface area contributed by atoms with E-state index in [9.17, 15) is 13.2 Å². The molecule has 0 aliphatic rings. The lowest BCUT2D eigenvalue weighted by Gasteiger charge is -2.21. The molecule has 3 aromatic carbocycles. The zero-order valence-corrected chi connectivity index (χ0v) is 17.7. The van der Waals surface area contributed by atoms with Crippen molar-refractivity contribution in [3.8, 4) is 0 Å². The van der Waals surface area contributed by atoms with Crippen molar-refractivity contribution < 1.29 is 13.2 Å². The normalized spacial score (nSPS) is 11.1. The SMILES string of the molecule is Cc1ccccc1N(C)S(=O)(=O)c1cccc(C(=O)NCc2ccccc2Cl)c1. The second kappa shape index (κ2) is 8.68. The largest absolute Gasteiger partial charge is 0.348 e. The molecule has 1 amide bonds. The van der Waals surface area contributed by atoms with Gasteiger partial charge in [0.05, 0.1) is 10.6 Å². The van der Waals surface area contributed by atoms with Gasteiger partial charge >= 0.3 is 0 Å². The number of halogens is 1. The van der Waals surface area contributed by atoms with Gasteiger partial charge in [0.15, 0.2) is 0 Å². The van der Waals surface area contributed by atoms with E-state index >= 15 is 0 Å². The van der Waals surface area contributed by atoms with Gasteiger partial charge in [0.1, 0.15) is 0 Å². The third-order valence-electron chi connectivity index (χ3n) is 4.61. The van der Waals surface area contributed by atoms with E-state index in [1.807, 2.05) is 37.3 Å². The monoisotopic (exact) mass is 428 g/mol. The summed E-state index contributed by atoms with van der Waals surface area (Å²) >= 11 is 6.11. The fraction of sp³-hybridized carbons (Fsp3) is 0.136. The summed E-state index contributed by atoms with van der Waals surface area (Å²) in [6.45, 7) is 2.10. The Morgan fingerprint density at radius 2 is 1.69 bits per heavy atom. The average molecular weight is 429 g/mol. The van der Waals surface area contributed by atoms with E-state index in [-0.39, 0.29) is 22.9 Å². The van der Waals surface area contributed by atoms with E-state index < -0.39 is 10.0 Å². The molecule has 0 unspecified atom stereocenters. The summed E-state index contributed by atoms with van der Waals surface area (Å²) in [7, 11) is -2.31. The van der Waals surface area contributed by atoms with Gasteiger partial charge in [0.2, 0.25) is 0 Å². The van der Waals surface area contributed by atoms with Crippen LogP contribution in [0, 0.1) is 6.92 Å². The molecule has 3 aromatic rings. The molecule has 0 heterocycles. The van der Waals surface area contributed by atoms with E-state index in [1.165, 1.54) is 23.5 Å². The molecule has 0 aromatic heterocycles. The summed E-state index contributed by atoms with van der Waals surface area (Å²) in [4.78, 5) is 12.6. The first-order valence-corrected chi connectivity index (χ1v) is 10.8. The first kappa shape index (κ1) is 20.9. The summed E-state index contributed by atoms with van der Waals surface area (Å²) in [6, 6.07) is 20.4. The standard InChI is InChI=1S/C22H21ClN2O3S/c1-16-8-3-6-13-21(16)25(2)29(27,28)19-11-7-10-17(14-19)22(26)24-15-18-9-4-5-12-20(18)23/h3-14H,15H2,1-2H3,(H,24,26). The van der Waals surface area contributed by atoms with Crippen LogP contribution in [0.25, 0.3) is 0 Å². The molecule has 29 heavy (non-hydrogen) atoms. The van der Waals surface area contributed by atoms with Gasteiger partial charge in [-0.25, -0.2) is 8.42 Å². The molecule has 0 spiro atoms. The number of nitrogens with one attached hydrogen (secondary N) is 1. The van der Waals surface area contributed by atoms with E-state index in [4.69, 9.17) is 11.6 Å². The fourth-order valence-electron chi connectivity index (χ4n) is 2.92. The van der Waals surface area contributed by atoms with Crippen molar-refractivity contribution in [3.63, 3.8) is 0 Å². The molecule has 5 nitrogen and oxygen atoms in total. The molecule has 0 aliphatic carbocycles. The minimum Gasteiger partial charge on any atom is -0.348 e. The highest BCUT2D eigenvalue weighted by molar-refractivity contribution is 7.92. The van der Waals surface area contributed by atoms with Gasteiger partial charge < -0.3 is 5.32 Å². The number of hydrogen-bond acceptors (Lipinski definition) is 3. The molecular weight excluding hydrogens is 408 g/mol. The van der Waals surface area contributed by atoms with Gasteiger partial charge in [0, 0.05) is 24.2 Å². The Kier molecular flexibility index (Phi) is 6.25. The van der Waals surface area contributed by atoms with Crippen LogP contribution in [-0.2, 0) is 16.6 Å². The third-order valence-corrected chi connectivity index (χ3v) is 6.74. The van der Waals surface area contributed by atoms with Crippen LogP contribution in [0.5, 0.6) is 0 Å². The second-order valence-electron chi connectivity index (χ2n) is 6.56. The first-order chi connectivity index (χ1) is 13.8. The highest BCUT2D eigenvalue weighted by Crippen LogP contribution is 2.25. The van der Waals surface area contributed by atoms with Crippen molar-refractivity contribution in [2.75, 3.05) is 11.4 Å². The number of anilines is 1. The second-order valence-corrected chi connectivity index (χ2v) is 8.94. The molecule has 150 valence electrons. The number of carbonyl (C=O) groups is 1. The Hall–Kier alpha value is -2.83. The quantitative estimate of drug-likeness (QED) is 0.632. The molecule has 1 N–H and O–H groups in total. The minimum atomic E-state index is -3.81. The summed E-state index contributed by atoms with van der Waals surface area (Å²) in [6.07, 6.45) is 0. The van der Waals surface area contributed by atoms with Crippen LogP contribution < -0.4 is 9.62 Å². The summed E-state index contributed by atoms with van der Waals surface area (Å²) < 4.78 is 27.3. The number of amides is 1. The van der Waals surface area contributed by atoms with Crippen LogP contribution in [-0.4, -0.2) is 21.4 Å². The minimum absolute atomic E-state index is 0.0497. The molecule has 0 aliphatic heterocycles. The molecule has 0 saturated heterocycles. The molecule has 0 radical (unpaired) electrons. The van der Waals surface area contributed by atoms with Crippen LogP contribution in [0.3, 0.4) is 0 Å². The predicted molar refractivity (Wildman–Crippen MR) is 116 cm³/mol. The fourth-order valence-corrected chi connectivity index (χ4v) is 4.43. The van der Waals surface area contributed by atoms with Gasteiger partial charge in [-0.15, -0.1) is 0 Å². The zero-order chi connectivity index (χ0) is 21.0. The third kappa shape index (κ3) is 4.60. The molecule has 0 atom stereocenters. The van der Waals surface area contributed by atoms with E-state index in [2.05, 4.69) is 5.32 Å². The number of sulfonamides is 1. The number of hydrogen-bond donors (Lipinski definition) is 1. The van der Waals surface area contributed by atoms with Crippen LogP contribution in [0.2, 0.25) is 5.02 Å². The van der Waals surface area contributed by atoms with Crippen LogP contribution in [0.15, 0.2) is 77.7 Å². The van der Waals surface area contributed by atoms with Crippen LogP contribution >= 0.6 is 11.6 Å². The van der Waals surface area contributed by atoms with Gasteiger partial charge in [-0.1, -0.05) is 54.1 Å². The molecule has 0 bridgehead atoms. The predicted octanol–water partition coefficient (Wildman–Crippen LogP) is 4.40. The highest BCUT2D eigenvalue weighted by Gasteiger charge is 2.23. The molecule has 7 heteroatoms. The Balaban J connectivity index is 1.82. The molecule has 0 saturated carbocycles. The maximum atomic E-state index is 13.1. The van der Waals surface area contributed by atoms with E-state index in [0.29, 0.717) is 10.7 Å². The van der Waals surface area contributed by atoms with Crippen molar-refractivity contribution in [1.82, 2.24) is 5.32 Å². The number of nitrogens with zero attached hydrogens (tertiary/aromatic N) is 1. The number of benzene rings is 3. The Bertz CT molecular complexity index is 1150. The van der Waals surface area contributed by atoms with Gasteiger partial charge in [-0.05, 0) is 48.4 Å². The van der Waals surface area contributed by atoms with Crippen molar-refractivity contribution in [1.29, 1.82) is 0 Å². The summed E-state index contributed by atoms with van der Waals surface area (Å²) in [5, 5.41) is 3.33. The maximum Gasteiger partial charge on any atom is 0.264 e. The van der Waals surface area contributed by atoms with Gasteiger partial charge in [-0.3, -0.25) is 9.10 Å². The Labute approximate surface area is 176 Å². The van der Waals surface area contributed by atoms with Crippen molar-refractivity contribution >= 4 is 33.2 Å². The highest BCUT2D eigenvalue weighted by atomic mass is 35.5. The van der Waals surface area contributed by atoms with E-state index in [0.717, 1.165) is 11.1 Å². The lowest BCUT2D eigenvalue weighted by molar-refractivity contribution is 0.0950. The lowest BCUT2D eigenvalue weighted by atomic mass is 10.2. The van der Waals surface area contributed by atoms with Gasteiger partial charge in [-0.2, -0.15) is 0 Å². The Morgan fingerprint density at radius 1 is 1.00 bits per heavy atom. The van der Waals surface area contributed by atoms with Crippen molar-refractivity contribution in [2.45, 2.75) is 18.4 Å². The average Bonchev–Trinajstić information content (AvgIpc) is 2.73. The topological polar surface area (TPSA) is 66.5 Å². The summed E-state index contributed by atoms with van der Waals surface area (Å²) in [5.41, 5.74) is 2.47. The molecular formula is C22H21ClN2O3S. The number of para-hydroxylation sites is 1. The van der Waals surface area contributed by atoms with Crippen molar-refractivity contribution in [3.05, 3.63) is 94.5 Å². The Morgan fingerprint density at radius 3 is 2.41 bits per heavy atom. The van der Waals surface area contributed by atoms with Gasteiger partial charge in [0.25, 0.3) is 15.9 Å². The zero-order valence-electron chi connectivity index (χ0n) is 16.1. The van der Waals surface area contributed by atoms with Crippen molar-refractivity contribution in [2.24, 2.45) is 0 Å². The first-order valence-electron chi connectivity index (χ1n) is 8.97. The smallest absolute Gasteiger partial charge is 0.264 e. The molecule has 0 fully saturated rings. The lowest BCUT2D eigenvalue weighted by Crippen LogP contribution is -2.28. The number of aryl methyl sites for hydroxylation is 1. The van der Waals surface area contributed by atoms with Crippen LogP contribution in [0.1, 0.15) is 21.5 Å². The molecule has 3 rings (SSSR count). The van der Waals surface area contributed by atoms with E-state index in [1.54, 1.807) is 30.3 Å². The maximum absolute atomic E-state index is 13.1. The summed E-state index contributed by atoms with van der Waals surface area (Å²) in [5.74, 6) is -0.375. The number of rotatable bonds is 6.